The third-order valence-electron chi connectivity index (χ3n) is 3.52. The van der Waals surface area contributed by atoms with E-state index in [1.165, 1.54) is 11.2 Å². The zero-order chi connectivity index (χ0) is 17.7. The molecular formula is C16H21N3O4S. The van der Waals surface area contributed by atoms with Gasteiger partial charge in [-0.1, -0.05) is 17.7 Å². The van der Waals surface area contributed by atoms with Crippen molar-refractivity contribution >= 4 is 15.9 Å². The van der Waals surface area contributed by atoms with E-state index in [0.29, 0.717) is 11.3 Å². The Bertz CT molecular complexity index is 797. The summed E-state index contributed by atoms with van der Waals surface area (Å²) in [5.74, 6) is 0.264. The van der Waals surface area contributed by atoms with E-state index in [2.05, 4.69) is 4.72 Å². The number of nitrogens with two attached hydrogens (primary N) is 1. The molecule has 1 aromatic carbocycles. The number of furan rings is 1. The van der Waals surface area contributed by atoms with E-state index in [-0.39, 0.29) is 30.4 Å². The van der Waals surface area contributed by atoms with Crippen LogP contribution in [0.25, 0.3) is 0 Å². The van der Waals surface area contributed by atoms with E-state index in [4.69, 9.17) is 10.2 Å². The van der Waals surface area contributed by atoms with E-state index in [1.807, 2.05) is 6.92 Å². The minimum atomic E-state index is -3.59. The molecule has 2 aromatic rings. The first-order valence-electron chi connectivity index (χ1n) is 7.43. The highest BCUT2D eigenvalue weighted by atomic mass is 32.2. The molecular weight excluding hydrogens is 330 g/mol. The van der Waals surface area contributed by atoms with Crippen molar-refractivity contribution in [3.8, 4) is 0 Å². The SMILES string of the molecule is Cc1ccc(S(=O)(=O)NCCN(C)C(=O)c2coc(CN)c2)cc1. The van der Waals surface area contributed by atoms with Crippen LogP contribution in [0.3, 0.4) is 0 Å². The molecule has 8 heteroatoms. The van der Waals surface area contributed by atoms with Gasteiger partial charge in [0.05, 0.1) is 17.0 Å². The zero-order valence-electron chi connectivity index (χ0n) is 13.7. The fourth-order valence-electron chi connectivity index (χ4n) is 2.07. The number of nitrogens with zero attached hydrogens (tertiary/aromatic N) is 1. The van der Waals surface area contributed by atoms with Gasteiger partial charge in [-0.3, -0.25) is 4.79 Å². The second-order valence-electron chi connectivity index (χ2n) is 5.44. The average Bonchev–Trinajstić information content (AvgIpc) is 3.03. The summed E-state index contributed by atoms with van der Waals surface area (Å²) in [7, 11) is -1.99. The van der Waals surface area contributed by atoms with Gasteiger partial charge in [0.25, 0.3) is 5.91 Å². The number of carbonyl (C=O) groups excluding carboxylic acids is 1. The highest BCUT2D eigenvalue weighted by Crippen LogP contribution is 2.11. The zero-order valence-corrected chi connectivity index (χ0v) is 14.5. The number of likely N-dealkylation sites (N-methyl/N-ethyl adjacent to an activating group) is 1. The molecule has 2 rings (SSSR count). The first kappa shape index (κ1) is 18.2. The highest BCUT2D eigenvalue weighted by molar-refractivity contribution is 7.89. The van der Waals surface area contributed by atoms with Gasteiger partial charge in [0, 0.05) is 20.1 Å². The number of hydrogen-bond donors (Lipinski definition) is 2. The Morgan fingerprint density at radius 3 is 2.54 bits per heavy atom. The van der Waals surface area contributed by atoms with Crippen molar-refractivity contribution in [2.75, 3.05) is 20.1 Å². The van der Waals surface area contributed by atoms with Gasteiger partial charge in [-0.05, 0) is 25.1 Å². The molecule has 0 saturated heterocycles. The lowest BCUT2D eigenvalue weighted by Gasteiger charge is -2.16. The van der Waals surface area contributed by atoms with Crippen LogP contribution in [0.4, 0.5) is 0 Å². The lowest BCUT2D eigenvalue weighted by molar-refractivity contribution is 0.0797. The maximum atomic E-state index is 12.2. The minimum absolute atomic E-state index is 0.111. The molecule has 1 amide bonds. The van der Waals surface area contributed by atoms with Crippen molar-refractivity contribution in [1.82, 2.24) is 9.62 Å². The number of sulfonamides is 1. The Balaban J connectivity index is 1.90. The summed E-state index contributed by atoms with van der Waals surface area (Å²) < 4.78 is 31.9. The molecule has 0 aliphatic carbocycles. The molecule has 0 spiro atoms. The molecule has 3 N–H and O–H groups in total. The Morgan fingerprint density at radius 2 is 1.96 bits per heavy atom. The molecule has 0 radical (unpaired) electrons. The molecule has 7 nitrogen and oxygen atoms in total. The van der Waals surface area contributed by atoms with E-state index in [9.17, 15) is 13.2 Å². The Kier molecular flexibility index (Phi) is 5.76. The summed E-state index contributed by atoms with van der Waals surface area (Å²) in [5, 5.41) is 0. The predicted molar refractivity (Wildman–Crippen MR) is 89.9 cm³/mol. The van der Waals surface area contributed by atoms with Gasteiger partial charge < -0.3 is 15.1 Å². The van der Waals surface area contributed by atoms with Gasteiger partial charge in [0.1, 0.15) is 12.0 Å². The van der Waals surface area contributed by atoms with Gasteiger partial charge in [0.2, 0.25) is 10.0 Å². The number of hydrogen-bond acceptors (Lipinski definition) is 5. The van der Waals surface area contributed by atoms with Crippen LogP contribution in [-0.2, 0) is 16.6 Å². The van der Waals surface area contributed by atoms with Gasteiger partial charge in [-0.15, -0.1) is 0 Å². The number of aryl methyl sites for hydroxylation is 1. The summed E-state index contributed by atoms with van der Waals surface area (Å²) >= 11 is 0. The standard InChI is InChI=1S/C16H21N3O4S/c1-12-3-5-15(6-4-12)24(21,22)18-7-8-19(2)16(20)13-9-14(10-17)23-11-13/h3-6,9,11,18H,7-8,10,17H2,1-2H3. The molecule has 0 atom stereocenters. The predicted octanol–water partition coefficient (Wildman–Crippen LogP) is 1.10. The van der Waals surface area contributed by atoms with E-state index in [0.717, 1.165) is 5.56 Å². The topological polar surface area (TPSA) is 106 Å². The highest BCUT2D eigenvalue weighted by Gasteiger charge is 2.17. The number of nitrogens with one attached hydrogen (secondary N) is 1. The van der Waals surface area contributed by atoms with Crippen LogP contribution in [0, 0.1) is 6.92 Å². The van der Waals surface area contributed by atoms with Crippen LogP contribution in [0.5, 0.6) is 0 Å². The van der Waals surface area contributed by atoms with Crippen molar-refractivity contribution in [2.24, 2.45) is 5.73 Å². The molecule has 1 heterocycles. The lowest BCUT2D eigenvalue weighted by Crippen LogP contribution is -2.36. The fraction of sp³-hybridized carbons (Fsp3) is 0.312. The van der Waals surface area contributed by atoms with Gasteiger partial charge in [-0.25, -0.2) is 13.1 Å². The average molecular weight is 351 g/mol. The molecule has 0 fully saturated rings. The van der Waals surface area contributed by atoms with Crippen LogP contribution in [-0.4, -0.2) is 39.4 Å². The number of amides is 1. The maximum absolute atomic E-state index is 12.2. The Hall–Kier alpha value is -2.16. The van der Waals surface area contributed by atoms with E-state index < -0.39 is 10.0 Å². The van der Waals surface area contributed by atoms with E-state index >= 15 is 0 Å². The lowest BCUT2D eigenvalue weighted by atomic mass is 10.2. The third kappa shape index (κ3) is 4.44. The second kappa shape index (κ2) is 7.61. The summed E-state index contributed by atoms with van der Waals surface area (Å²) in [6.45, 7) is 2.44. The van der Waals surface area contributed by atoms with Crippen molar-refractivity contribution < 1.29 is 17.6 Å². The van der Waals surface area contributed by atoms with Crippen LogP contribution in [0.2, 0.25) is 0 Å². The van der Waals surface area contributed by atoms with Crippen LogP contribution < -0.4 is 10.5 Å². The number of rotatable bonds is 7. The molecule has 0 unspecified atom stereocenters. The first-order chi connectivity index (χ1) is 11.3. The molecule has 0 saturated carbocycles. The summed E-state index contributed by atoms with van der Waals surface area (Å²) in [6, 6.07) is 8.14. The van der Waals surface area contributed by atoms with Crippen molar-refractivity contribution in [2.45, 2.75) is 18.4 Å². The van der Waals surface area contributed by atoms with Gasteiger partial charge >= 0.3 is 0 Å². The Labute approximate surface area is 141 Å². The van der Waals surface area contributed by atoms with Gasteiger partial charge in [-0.2, -0.15) is 0 Å². The van der Waals surface area contributed by atoms with Crippen LogP contribution in [0.1, 0.15) is 21.7 Å². The van der Waals surface area contributed by atoms with Crippen LogP contribution >= 0.6 is 0 Å². The van der Waals surface area contributed by atoms with Crippen molar-refractivity contribution in [3.63, 3.8) is 0 Å². The first-order valence-corrected chi connectivity index (χ1v) is 8.91. The molecule has 130 valence electrons. The van der Waals surface area contributed by atoms with Crippen LogP contribution in [0.15, 0.2) is 45.9 Å². The molecule has 0 aliphatic heterocycles. The number of benzene rings is 1. The smallest absolute Gasteiger partial charge is 0.256 e. The molecule has 1 aromatic heterocycles. The molecule has 0 bridgehead atoms. The summed E-state index contributed by atoms with van der Waals surface area (Å²) in [5.41, 5.74) is 6.81. The monoisotopic (exact) mass is 351 g/mol. The third-order valence-corrected chi connectivity index (χ3v) is 5.00. The summed E-state index contributed by atoms with van der Waals surface area (Å²) in [4.78, 5) is 13.8. The largest absolute Gasteiger partial charge is 0.467 e. The quantitative estimate of drug-likeness (QED) is 0.777. The fourth-order valence-corrected chi connectivity index (χ4v) is 3.09. The summed E-state index contributed by atoms with van der Waals surface area (Å²) in [6.07, 6.45) is 1.34. The van der Waals surface area contributed by atoms with E-state index in [1.54, 1.807) is 37.4 Å². The Morgan fingerprint density at radius 1 is 1.29 bits per heavy atom. The van der Waals surface area contributed by atoms with Crippen molar-refractivity contribution in [1.29, 1.82) is 0 Å². The molecule has 0 aliphatic rings. The minimum Gasteiger partial charge on any atom is -0.467 e. The van der Waals surface area contributed by atoms with Gasteiger partial charge in [0.15, 0.2) is 0 Å². The molecule has 24 heavy (non-hydrogen) atoms. The maximum Gasteiger partial charge on any atom is 0.256 e. The second-order valence-corrected chi connectivity index (χ2v) is 7.21. The van der Waals surface area contributed by atoms with Crippen molar-refractivity contribution in [3.05, 3.63) is 53.5 Å². The number of carbonyl (C=O) groups is 1. The normalized spacial score (nSPS) is 11.5.